The number of piperidine rings is 1. The van der Waals surface area contributed by atoms with Crippen LogP contribution < -0.4 is 0 Å². The van der Waals surface area contributed by atoms with Gasteiger partial charge >= 0.3 is 0 Å². The number of hydrogen-bond donors (Lipinski definition) is 0. The summed E-state index contributed by atoms with van der Waals surface area (Å²) in [5.74, 6) is 1.54. The normalized spacial score (nSPS) is 20.1. The SMILES string of the molecule is c1ccn2c([C@@H]3CCCN(Cc4cscn4)C3)nnc2c1. The van der Waals surface area contributed by atoms with Gasteiger partial charge < -0.3 is 0 Å². The summed E-state index contributed by atoms with van der Waals surface area (Å²) in [6.07, 6.45) is 4.45. The van der Waals surface area contributed by atoms with Gasteiger partial charge in [-0.2, -0.15) is 0 Å². The van der Waals surface area contributed by atoms with Gasteiger partial charge in [-0.25, -0.2) is 4.98 Å². The van der Waals surface area contributed by atoms with Crippen molar-refractivity contribution in [3.63, 3.8) is 0 Å². The molecule has 0 unspecified atom stereocenters. The van der Waals surface area contributed by atoms with Crippen LogP contribution in [0.3, 0.4) is 0 Å². The Balaban J connectivity index is 1.55. The second-order valence-electron chi connectivity index (χ2n) is 5.54. The van der Waals surface area contributed by atoms with Crippen molar-refractivity contribution in [3.05, 3.63) is 46.8 Å². The van der Waals surface area contributed by atoms with Gasteiger partial charge in [-0.1, -0.05) is 6.07 Å². The molecule has 1 fully saturated rings. The highest BCUT2D eigenvalue weighted by Crippen LogP contribution is 2.26. The molecule has 0 aromatic carbocycles. The lowest BCUT2D eigenvalue weighted by molar-refractivity contribution is 0.194. The number of pyridine rings is 1. The summed E-state index contributed by atoms with van der Waals surface area (Å²) >= 11 is 1.66. The predicted molar refractivity (Wildman–Crippen MR) is 82.4 cm³/mol. The Morgan fingerprint density at radius 1 is 1.29 bits per heavy atom. The third kappa shape index (κ3) is 2.56. The molecule has 4 heterocycles. The predicted octanol–water partition coefficient (Wildman–Crippen LogP) is 2.57. The first-order valence-electron chi connectivity index (χ1n) is 7.29. The van der Waals surface area contributed by atoms with Gasteiger partial charge in [0.25, 0.3) is 0 Å². The first-order chi connectivity index (χ1) is 10.4. The average molecular weight is 299 g/mol. The summed E-state index contributed by atoms with van der Waals surface area (Å²) in [7, 11) is 0. The maximum Gasteiger partial charge on any atom is 0.160 e. The molecule has 3 aromatic rings. The molecule has 1 aliphatic heterocycles. The number of aromatic nitrogens is 4. The van der Waals surface area contributed by atoms with Gasteiger partial charge in [0.05, 0.1) is 11.2 Å². The summed E-state index contributed by atoms with van der Waals surface area (Å²) in [5.41, 5.74) is 4.01. The van der Waals surface area contributed by atoms with Crippen molar-refractivity contribution >= 4 is 17.0 Å². The summed E-state index contributed by atoms with van der Waals surface area (Å²) < 4.78 is 2.12. The van der Waals surface area contributed by atoms with E-state index in [0.717, 1.165) is 31.1 Å². The Morgan fingerprint density at radius 2 is 2.29 bits per heavy atom. The number of hydrogen-bond acceptors (Lipinski definition) is 5. The largest absolute Gasteiger partial charge is 0.297 e. The fraction of sp³-hybridized carbons (Fsp3) is 0.400. The van der Waals surface area contributed by atoms with Crippen molar-refractivity contribution in [3.8, 4) is 0 Å². The number of thiazole rings is 1. The maximum atomic E-state index is 4.42. The summed E-state index contributed by atoms with van der Waals surface area (Å²) in [6, 6.07) is 6.05. The van der Waals surface area contributed by atoms with E-state index >= 15 is 0 Å². The Kier molecular flexibility index (Phi) is 3.40. The molecule has 0 spiro atoms. The molecule has 0 radical (unpaired) electrons. The molecule has 0 saturated carbocycles. The first kappa shape index (κ1) is 12.9. The minimum Gasteiger partial charge on any atom is -0.297 e. The van der Waals surface area contributed by atoms with Crippen LogP contribution in [0.1, 0.15) is 30.3 Å². The lowest BCUT2D eigenvalue weighted by Crippen LogP contribution is -2.34. The highest BCUT2D eigenvalue weighted by atomic mass is 32.1. The molecule has 0 N–H and O–H groups in total. The van der Waals surface area contributed by atoms with Gasteiger partial charge in [0.2, 0.25) is 0 Å². The number of likely N-dealkylation sites (tertiary alicyclic amines) is 1. The smallest absolute Gasteiger partial charge is 0.160 e. The minimum absolute atomic E-state index is 0.454. The van der Waals surface area contributed by atoms with E-state index in [1.807, 2.05) is 23.7 Å². The molecule has 6 heteroatoms. The molecule has 0 aliphatic carbocycles. The van der Waals surface area contributed by atoms with E-state index in [0.29, 0.717) is 5.92 Å². The molecule has 0 amide bonds. The van der Waals surface area contributed by atoms with E-state index in [1.165, 1.54) is 18.5 Å². The number of nitrogens with zero attached hydrogens (tertiary/aromatic N) is 5. The van der Waals surface area contributed by atoms with E-state index in [2.05, 4.69) is 36.1 Å². The first-order valence-corrected chi connectivity index (χ1v) is 8.23. The van der Waals surface area contributed by atoms with Crippen LogP contribution in [0.15, 0.2) is 35.3 Å². The molecule has 1 saturated heterocycles. The average Bonchev–Trinajstić information content (AvgIpc) is 3.16. The summed E-state index contributed by atoms with van der Waals surface area (Å²) in [5, 5.41) is 10.8. The molecule has 21 heavy (non-hydrogen) atoms. The Morgan fingerprint density at radius 3 is 3.19 bits per heavy atom. The summed E-state index contributed by atoms with van der Waals surface area (Å²) in [6.45, 7) is 3.12. The van der Waals surface area contributed by atoms with E-state index in [9.17, 15) is 0 Å². The topological polar surface area (TPSA) is 46.3 Å². The highest BCUT2D eigenvalue weighted by molar-refractivity contribution is 7.07. The molecule has 0 bridgehead atoms. The van der Waals surface area contributed by atoms with E-state index < -0.39 is 0 Å². The fourth-order valence-corrected chi connectivity index (χ4v) is 3.64. The zero-order valence-corrected chi connectivity index (χ0v) is 12.5. The zero-order valence-electron chi connectivity index (χ0n) is 11.7. The monoisotopic (exact) mass is 299 g/mol. The van der Waals surface area contributed by atoms with Crippen molar-refractivity contribution < 1.29 is 0 Å². The standard InChI is InChI=1S/C15H17N5S/c1-2-7-20-14(5-1)17-18-15(20)12-4-3-6-19(8-12)9-13-10-21-11-16-13/h1-2,5,7,10-12H,3-4,6,8-9H2/t12-/m1/s1. The van der Waals surface area contributed by atoms with Crippen LogP contribution in [-0.2, 0) is 6.54 Å². The number of fused-ring (bicyclic) bond motifs is 1. The highest BCUT2D eigenvalue weighted by Gasteiger charge is 2.25. The van der Waals surface area contributed by atoms with Crippen molar-refractivity contribution in [2.45, 2.75) is 25.3 Å². The molecule has 108 valence electrons. The van der Waals surface area contributed by atoms with E-state index in [4.69, 9.17) is 0 Å². The second-order valence-corrected chi connectivity index (χ2v) is 6.26. The molecular formula is C15H17N5S. The Labute approximate surface area is 127 Å². The van der Waals surface area contributed by atoms with Gasteiger partial charge in [-0.15, -0.1) is 21.5 Å². The Hall–Kier alpha value is -1.79. The molecular weight excluding hydrogens is 282 g/mol. The summed E-state index contributed by atoms with van der Waals surface area (Å²) in [4.78, 5) is 6.87. The van der Waals surface area contributed by atoms with Gasteiger partial charge in [0, 0.05) is 30.6 Å². The number of rotatable bonds is 3. The van der Waals surface area contributed by atoms with Crippen molar-refractivity contribution in [1.82, 2.24) is 24.5 Å². The van der Waals surface area contributed by atoms with Gasteiger partial charge in [0.1, 0.15) is 5.82 Å². The van der Waals surface area contributed by atoms with Crippen LogP contribution in [0.25, 0.3) is 5.65 Å². The van der Waals surface area contributed by atoms with Crippen molar-refractivity contribution in [2.75, 3.05) is 13.1 Å². The third-order valence-corrected chi connectivity index (χ3v) is 4.72. The molecule has 4 rings (SSSR count). The maximum absolute atomic E-state index is 4.42. The van der Waals surface area contributed by atoms with Gasteiger partial charge in [0.15, 0.2) is 5.65 Å². The van der Waals surface area contributed by atoms with Crippen LogP contribution in [0.5, 0.6) is 0 Å². The zero-order chi connectivity index (χ0) is 14.1. The molecule has 1 aliphatic rings. The van der Waals surface area contributed by atoms with Crippen LogP contribution >= 0.6 is 11.3 Å². The van der Waals surface area contributed by atoms with Gasteiger partial charge in [-0.05, 0) is 31.5 Å². The van der Waals surface area contributed by atoms with E-state index in [-0.39, 0.29) is 0 Å². The van der Waals surface area contributed by atoms with Crippen LogP contribution in [0.4, 0.5) is 0 Å². The van der Waals surface area contributed by atoms with Crippen LogP contribution in [0, 0.1) is 0 Å². The lowest BCUT2D eigenvalue weighted by Gasteiger charge is -2.31. The third-order valence-electron chi connectivity index (χ3n) is 4.08. The second kappa shape index (κ2) is 5.54. The quantitative estimate of drug-likeness (QED) is 0.746. The van der Waals surface area contributed by atoms with Gasteiger partial charge in [-0.3, -0.25) is 9.30 Å². The fourth-order valence-electron chi connectivity index (χ4n) is 3.09. The molecule has 1 atom stereocenters. The van der Waals surface area contributed by atoms with Crippen LogP contribution in [-0.4, -0.2) is 37.6 Å². The molecule has 5 nitrogen and oxygen atoms in total. The Bertz CT molecular complexity index is 721. The lowest BCUT2D eigenvalue weighted by atomic mass is 9.97. The van der Waals surface area contributed by atoms with Crippen molar-refractivity contribution in [2.24, 2.45) is 0 Å². The molecule has 3 aromatic heterocycles. The minimum atomic E-state index is 0.454. The van der Waals surface area contributed by atoms with Crippen molar-refractivity contribution in [1.29, 1.82) is 0 Å². The van der Waals surface area contributed by atoms with E-state index in [1.54, 1.807) is 11.3 Å². The van der Waals surface area contributed by atoms with Crippen LogP contribution in [0.2, 0.25) is 0 Å².